The van der Waals surface area contributed by atoms with Gasteiger partial charge in [-0.15, -0.1) is 0 Å². The Hall–Kier alpha value is -2.11. The molecule has 27 heavy (non-hydrogen) atoms. The summed E-state index contributed by atoms with van der Waals surface area (Å²) in [6.45, 7) is 2.22. The van der Waals surface area contributed by atoms with Gasteiger partial charge in [-0.05, 0) is 43.2 Å². The van der Waals surface area contributed by atoms with Crippen LogP contribution in [0.3, 0.4) is 0 Å². The van der Waals surface area contributed by atoms with Gasteiger partial charge in [0.2, 0.25) is 0 Å². The molecule has 0 radical (unpaired) electrons. The van der Waals surface area contributed by atoms with E-state index >= 15 is 0 Å². The number of hydrogen-bond acceptors (Lipinski definition) is 4. The second-order valence-corrected chi connectivity index (χ2v) is 6.80. The molecule has 0 spiro atoms. The first-order chi connectivity index (χ1) is 12.9. The molecule has 2 aromatic carbocycles. The van der Waals surface area contributed by atoms with Crippen LogP contribution in [0.2, 0.25) is 10.0 Å². The lowest BCUT2D eigenvalue weighted by Crippen LogP contribution is -2.39. The van der Waals surface area contributed by atoms with Gasteiger partial charge in [0, 0.05) is 13.6 Å². The topological polar surface area (TPSA) is 48.0 Å². The second-order valence-electron chi connectivity index (χ2n) is 6.01. The Morgan fingerprint density at radius 1 is 1.07 bits per heavy atom. The van der Waals surface area contributed by atoms with E-state index in [1.54, 1.807) is 51.3 Å². The standard InChI is InChI=1S/C20H23Cl2NO4/c1-13(27-17-7-5-6-15(21)19(17)22)20(24)23(2)11-10-14-8-9-16(25-3)18(12-14)26-4/h5-9,12-13H,10-11H2,1-4H3. The lowest BCUT2D eigenvalue weighted by Gasteiger charge is -2.23. The summed E-state index contributed by atoms with van der Waals surface area (Å²) < 4.78 is 16.2. The Kier molecular flexibility index (Phi) is 7.63. The number of methoxy groups -OCH3 is 2. The van der Waals surface area contributed by atoms with Crippen molar-refractivity contribution in [1.29, 1.82) is 0 Å². The fraction of sp³-hybridized carbons (Fsp3) is 0.350. The van der Waals surface area contributed by atoms with Crippen LogP contribution in [-0.4, -0.2) is 44.7 Å². The van der Waals surface area contributed by atoms with E-state index in [4.69, 9.17) is 37.4 Å². The molecule has 0 aliphatic heterocycles. The van der Waals surface area contributed by atoms with E-state index in [2.05, 4.69) is 0 Å². The Morgan fingerprint density at radius 3 is 2.44 bits per heavy atom. The molecule has 0 fully saturated rings. The fourth-order valence-corrected chi connectivity index (χ4v) is 2.91. The highest BCUT2D eigenvalue weighted by Gasteiger charge is 2.20. The summed E-state index contributed by atoms with van der Waals surface area (Å²) in [5.74, 6) is 1.58. The minimum atomic E-state index is -0.684. The molecule has 7 heteroatoms. The molecule has 0 bridgehead atoms. The number of nitrogens with zero attached hydrogens (tertiary/aromatic N) is 1. The van der Waals surface area contributed by atoms with Crippen LogP contribution in [0.1, 0.15) is 12.5 Å². The molecule has 0 aliphatic rings. The molecule has 0 heterocycles. The van der Waals surface area contributed by atoms with Gasteiger partial charge in [-0.2, -0.15) is 0 Å². The number of halogens is 2. The van der Waals surface area contributed by atoms with Crippen molar-refractivity contribution in [3.8, 4) is 17.2 Å². The third kappa shape index (κ3) is 5.44. The molecular weight excluding hydrogens is 389 g/mol. The van der Waals surface area contributed by atoms with Gasteiger partial charge in [0.25, 0.3) is 5.91 Å². The average molecular weight is 412 g/mol. The van der Waals surface area contributed by atoms with Crippen molar-refractivity contribution >= 4 is 29.1 Å². The van der Waals surface area contributed by atoms with Crippen LogP contribution in [0.15, 0.2) is 36.4 Å². The van der Waals surface area contributed by atoms with Crippen LogP contribution in [-0.2, 0) is 11.2 Å². The number of amides is 1. The molecule has 0 aliphatic carbocycles. The lowest BCUT2D eigenvalue weighted by molar-refractivity contribution is -0.136. The number of rotatable bonds is 8. The van der Waals surface area contributed by atoms with Crippen molar-refractivity contribution in [2.75, 3.05) is 27.8 Å². The molecule has 0 saturated carbocycles. The normalized spacial score (nSPS) is 11.6. The van der Waals surface area contributed by atoms with Crippen molar-refractivity contribution < 1.29 is 19.0 Å². The summed E-state index contributed by atoms with van der Waals surface area (Å²) in [7, 11) is 4.93. The van der Waals surface area contributed by atoms with E-state index in [-0.39, 0.29) is 5.91 Å². The Labute approximate surface area is 169 Å². The maximum atomic E-state index is 12.6. The van der Waals surface area contributed by atoms with Gasteiger partial charge >= 0.3 is 0 Å². The van der Waals surface area contributed by atoms with Crippen LogP contribution < -0.4 is 14.2 Å². The van der Waals surface area contributed by atoms with Gasteiger partial charge in [-0.3, -0.25) is 4.79 Å². The molecule has 0 saturated heterocycles. The minimum absolute atomic E-state index is 0.147. The molecule has 1 atom stereocenters. The summed E-state index contributed by atoms with van der Waals surface area (Å²) in [5, 5.41) is 0.683. The van der Waals surface area contributed by atoms with Gasteiger partial charge in [0.15, 0.2) is 17.6 Å². The Balaban J connectivity index is 1.96. The Morgan fingerprint density at radius 2 is 1.78 bits per heavy atom. The summed E-state index contributed by atoms with van der Waals surface area (Å²) in [6.07, 6.45) is -0.0101. The lowest BCUT2D eigenvalue weighted by atomic mass is 10.1. The van der Waals surface area contributed by atoms with E-state index in [0.29, 0.717) is 40.3 Å². The van der Waals surface area contributed by atoms with Crippen molar-refractivity contribution in [3.63, 3.8) is 0 Å². The van der Waals surface area contributed by atoms with Crippen molar-refractivity contribution in [1.82, 2.24) is 4.90 Å². The summed E-state index contributed by atoms with van der Waals surface area (Å²) in [4.78, 5) is 14.2. The number of ether oxygens (including phenoxy) is 3. The first-order valence-corrected chi connectivity index (χ1v) is 9.19. The zero-order valence-corrected chi connectivity index (χ0v) is 17.3. The molecular formula is C20H23Cl2NO4. The van der Waals surface area contributed by atoms with E-state index in [0.717, 1.165) is 5.56 Å². The highest BCUT2D eigenvalue weighted by atomic mass is 35.5. The molecule has 2 rings (SSSR count). The summed E-state index contributed by atoms with van der Waals surface area (Å²) in [5.41, 5.74) is 1.04. The number of likely N-dealkylation sites (N-methyl/N-ethyl adjacent to an activating group) is 1. The molecule has 5 nitrogen and oxygen atoms in total. The molecule has 0 aromatic heterocycles. The highest BCUT2D eigenvalue weighted by molar-refractivity contribution is 6.42. The van der Waals surface area contributed by atoms with Crippen LogP contribution in [0.5, 0.6) is 17.2 Å². The van der Waals surface area contributed by atoms with Gasteiger partial charge in [-0.1, -0.05) is 35.3 Å². The van der Waals surface area contributed by atoms with Crippen LogP contribution in [0.4, 0.5) is 0 Å². The second kappa shape index (κ2) is 9.72. The van der Waals surface area contributed by atoms with E-state index in [1.165, 1.54) is 0 Å². The maximum Gasteiger partial charge on any atom is 0.263 e. The quantitative estimate of drug-likeness (QED) is 0.642. The highest BCUT2D eigenvalue weighted by Crippen LogP contribution is 2.32. The van der Waals surface area contributed by atoms with Crippen molar-refractivity contribution in [3.05, 3.63) is 52.0 Å². The SMILES string of the molecule is COc1ccc(CCN(C)C(=O)C(C)Oc2cccc(Cl)c2Cl)cc1OC. The minimum Gasteiger partial charge on any atom is -0.493 e. The largest absolute Gasteiger partial charge is 0.493 e. The van der Waals surface area contributed by atoms with Gasteiger partial charge < -0.3 is 19.1 Å². The Bertz CT molecular complexity index is 798. The van der Waals surface area contributed by atoms with Gasteiger partial charge in [0.05, 0.1) is 19.2 Å². The van der Waals surface area contributed by atoms with Crippen LogP contribution in [0, 0.1) is 0 Å². The van der Waals surface area contributed by atoms with Crippen LogP contribution >= 0.6 is 23.2 Å². The fourth-order valence-electron chi connectivity index (χ4n) is 2.57. The molecule has 2 aromatic rings. The smallest absolute Gasteiger partial charge is 0.263 e. The first kappa shape index (κ1) is 21.2. The summed E-state index contributed by atoms with van der Waals surface area (Å²) in [6, 6.07) is 10.8. The third-order valence-corrected chi connectivity index (χ3v) is 4.93. The van der Waals surface area contributed by atoms with Crippen molar-refractivity contribution in [2.45, 2.75) is 19.4 Å². The molecule has 146 valence electrons. The van der Waals surface area contributed by atoms with Crippen LogP contribution in [0.25, 0.3) is 0 Å². The van der Waals surface area contributed by atoms with E-state index < -0.39 is 6.10 Å². The zero-order valence-electron chi connectivity index (χ0n) is 15.8. The number of hydrogen-bond donors (Lipinski definition) is 0. The predicted octanol–water partition coefficient (Wildman–Crippen LogP) is 4.48. The van der Waals surface area contributed by atoms with Crippen molar-refractivity contribution in [2.24, 2.45) is 0 Å². The average Bonchev–Trinajstić information content (AvgIpc) is 2.68. The number of carbonyl (C=O) groups is 1. The third-order valence-electron chi connectivity index (χ3n) is 4.13. The van der Waals surface area contributed by atoms with E-state index in [9.17, 15) is 4.79 Å². The molecule has 1 amide bonds. The predicted molar refractivity (Wildman–Crippen MR) is 107 cm³/mol. The molecule has 0 N–H and O–H groups in total. The zero-order chi connectivity index (χ0) is 20.0. The number of benzene rings is 2. The van der Waals surface area contributed by atoms with Gasteiger partial charge in [0.1, 0.15) is 10.8 Å². The van der Waals surface area contributed by atoms with Gasteiger partial charge in [-0.25, -0.2) is 0 Å². The maximum absolute atomic E-state index is 12.6. The summed E-state index contributed by atoms with van der Waals surface area (Å²) >= 11 is 12.1. The monoisotopic (exact) mass is 411 g/mol. The molecule has 1 unspecified atom stereocenters. The number of carbonyl (C=O) groups excluding carboxylic acids is 1. The van der Waals surface area contributed by atoms with E-state index in [1.807, 2.05) is 18.2 Å². The first-order valence-electron chi connectivity index (χ1n) is 8.44.